The van der Waals surface area contributed by atoms with Crippen LogP contribution in [0.1, 0.15) is 42.5 Å². The molecule has 0 fully saturated rings. The van der Waals surface area contributed by atoms with Crippen molar-refractivity contribution in [2.45, 2.75) is 32.6 Å². The van der Waals surface area contributed by atoms with Gasteiger partial charge in [-0.25, -0.2) is 9.98 Å². The summed E-state index contributed by atoms with van der Waals surface area (Å²) >= 11 is 7.44. The number of phenols is 1. The Kier molecular flexibility index (Phi) is 6.00. The number of nitro groups is 1. The van der Waals surface area contributed by atoms with E-state index in [2.05, 4.69) is 30.7 Å². The van der Waals surface area contributed by atoms with E-state index in [4.69, 9.17) is 11.6 Å². The van der Waals surface area contributed by atoms with Crippen molar-refractivity contribution >= 4 is 40.0 Å². The number of non-ortho nitro benzene ring substituents is 1. The van der Waals surface area contributed by atoms with Crippen LogP contribution >= 0.6 is 22.9 Å². The second-order valence-corrected chi connectivity index (χ2v) is 9.08. The third-order valence-corrected chi connectivity index (χ3v) is 5.43. The predicted molar refractivity (Wildman–Crippen MR) is 117 cm³/mol. The molecule has 0 amide bonds. The first-order valence-corrected chi connectivity index (χ1v) is 10.1. The first-order chi connectivity index (χ1) is 13.6. The molecular weight excluding hydrogens is 410 g/mol. The fourth-order valence-electron chi connectivity index (χ4n) is 2.77. The molecule has 0 saturated heterocycles. The predicted octanol–water partition coefficient (Wildman–Crippen LogP) is 6.05. The summed E-state index contributed by atoms with van der Waals surface area (Å²) in [5, 5.41) is 22.1. The van der Waals surface area contributed by atoms with Crippen molar-refractivity contribution in [2.24, 2.45) is 4.99 Å². The first kappa shape index (κ1) is 21.0. The number of nitro benzene ring substituents is 1. The summed E-state index contributed by atoms with van der Waals surface area (Å²) in [7, 11) is 0. The Bertz CT molecular complexity index is 1070. The smallest absolute Gasteiger partial charge is 0.270 e. The van der Waals surface area contributed by atoms with Crippen molar-refractivity contribution in [3.05, 3.63) is 79.3 Å². The van der Waals surface area contributed by atoms with Crippen molar-refractivity contribution in [2.75, 3.05) is 0 Å². The SMILES string of the molecule is CC(C)(C)c1nc(/N=C/c2cc([N+](=O)[O-])ccc2O)sc1Cc1ccc(Cl)cc1. The highest BCUT2D eigenvalue weighted by Crippen LogP contribution is 2.35. The van der Waals surface area contributed by atoms with Crippen LogP contribution in [0.5, 0.6) is 5.75 Å². The van der Waals surface area contributed by atoms with E-state index >= 15 is 0 Å². The molecule has 0 saturated carbocycles. The molecule has 150 valence electrons. The van der Waals surface area contributed by atoms with Gasteiger partial charge < -0.3 is 5.11 Å². The van der Waals surface area contributed by atoms with Crippen molar-refractivity contribution in [1.29, 1.82) is 0 Å². The lowest BCUT2D eigenvalue weighted by atomic mass is 9.90. The Morgan fingerprint density at radius 3 is 2.55 bits per heavy atom. The Hall–Kier alpha value is -2.77. The average Bonchev–Trinajstić information content (AvgIpc) is 3.06. The molecule has 0 bridgehead atoms. The van der Waals surface area contributed by atoms with Gasteiger partial charge in [-0.05, 0) is 23.8 Å². The zero-order valence-corrected chi connectivity index (χ0v) is 17.8. The lowest BCUT2D eigenvalue weighted by Gasteiger charge is -2.17. The van der Waals surface area contributed by atoms with E-state index in [9.17, 15) is 15.2 Å². The Morgan fingerprint density at radius 1 is 1.24 bits per heavy atom. The van der Waals surface area contributed by atoms with Crippen molar-refractivity contribution in [1.82, 2.24) is 4.98 Å². The highest BCUT2D eigenvalue weighted by molar-refractivity contribution is 7.15. The monoisotopic (exact) mass is 429 g/mol. The number of phenolic OH excluding ortho intramolecular Hbond substituents is 1. The molecule has 3 rings (SSSR count). The third-order valence-electron chi connectivity index (χ3n) is 4.21. The van der Waals surface area contributed by atoms with E-state index in [1.54, 1.807) is 0 Å². The maximum absolute atomic E-state index is 11.0. The molecule has 0 atom stereocenters. The Balaban J connectivity index is 1.93. The van der Waals surface area contributed by atoms with Gasteiger partial charge in [0.2, 0.25) is 5.13 Å². The van der Waals surface area contributed by atoms with Gasteiger partial charge in [-0.15, -0.1) is 0 Å². The maximum atomic E-state index is 11.0. The highest BCUT2D eigenvalue weighted by atomic mass is 35.5. The molecule has 3 aromatic rings. The zero-order chi connectivity index (χ0) is 21.2. The van der Waals surface area contributed by atoms with Gasteiger partial charge in [0.1, 0.15) is 5.75 Å². The minimum atomic E-state index is -0.512. The number of thiazole rings is 1. The molecule has 1 heterocycles. The van der Waals surface area contributed by atoms with E-state index < -0.39 is 4.92 Å². The standard InChI is InChI=1S/C21H20ClN3O3S/c1-21(2,3)19-18(10-13-4-6-15(22)7-5-13)29-20(24-19)23-12-14-11-16(25(27)28)8-9-17(14)26/h4-9,11-12,26H,10H2,1-3H3/b23-12+. The summed E-state index contributed by atoms with van der Waals surface area (Å²) in [5.74, 6) is -0.0756. The van der Waals surface area contributed by atoms with E-state index in [-0.39, 0.29) is 22.4 Å². The first-order valence-electron chi connectivity index (χ1n) is 8.89. The highest BCUT2D eigenvalue weighted by Gasteiger charge is 2.23. The Morgan fingerprint density at radius 2 is 1.93 bits per heavy atom. The molecule has 8 heteroatoms. The van der Waals surface area contributed by atoms with Crippen LogP contribution in [-0.2, 0) is 11.8 Å². The second kappa shape index (κ2) is 8.31. The summed E-state index contributed by atoms with van der Waals surface area (Å²) in [4.78, 5) is 20.6. The third kappa shape index (κ3) is 5.19. The summed E-state index contributed by atoms with van der Waals surface area (Å²) in [6.45, 7) is 6.27. The molecule has 0 aliphatic carbocycles. The number of nitrogens with zero attached hydrogens (tertiary/aromatic N) is 3. The van der Waals surface area contributed by atoms with Gasteiger partial charge in [-0.2, -0.15) is 0 Å². The van der Waals surface area contributed by atoms with E-state index in [1.807, 2.05) is 24.3 Å². The molecular formula is C21H20ClN3O3S. The summed E-state index contributed by atoms with van der Waals surface area (Å²) in [6.07, 6.45) is 2.11. The number of benzene rings is 2. The fourth-order valence-corrected chi connectivity index (χ4v) is 4.05. The second-order valence-electron chi connectivity index (χ2n) is 7.58. The van der Waals surface area contributed by atoms with Crippen LogP contribution in [0.4, 0.5) is 10.8 Å². The zero-order valence-electron chi connectivity index (χ0n) is 16.2. The van der Waals surface area contributed by atoms with E-state index in [0.717, 1.165) is 16.1 Å². The van der Waals surface area contributed by atoms with Gasteiger partial charge in [0.05, 0.1) is 10.6 Å². The summed E-state index contributed by atoms with van der Waals surface area (Å²) in [6, 6.07) is 11.5. The minimum Gasteiger partial charge on any atom is -0.507 e. The number of hydrogen-bond acceptors (Lipinski definition) is 6. The number of halogens is 1. The number of aromatic hydroxyl groups is 1. The van der Waals surface area contributed by atoms with E-state index in [1.165, 1.54) is 35.8 Å². The van der Waals surface area contributed by atoms with Crippen molar-refractivity contribution in [3.8, 4) is 5.75 Å². The van der Waals surface area contributed by atoms with Crippen LogP contribution in [0, 0.1) is 10.1 Å². The number of rotatable bonds is 5. The van der Waals surface area contributed by atoms with Gasteiger partial charge in [-0.1, -0.05) is 55.8 Å². The van der Waals surface area contributed by atoms with Crippen molar-refractivity contribution < 1.29 is 10.0 Å². The minimum absolute atomic E-state index is 0.0756. The maximum Gasteiger partial charge on any atom is 0.270 e. The number of aromatic nitrogens is 1. The fraction of sp³-hybridized carbons (Fsp3) is 0.238. The number of aliphatic imine (C=N–C) groups is 1. The molecule has 29 heavy (non-hydrogen) atoms. The van der Waals surface area contributed by atoms with Gasteiger partial charge in [0.15, 0.2) is 0 Å². The summed E-state index contributed by atoms with van der Waals surface area (Å²) < 4.78 is 0. The van der Waals surface area contributed by atoms with Crippen LogP contribution in [0.25, 0.3) is 0 Å². The molecule has 0 unspecified atom stereocenters. The van der Waals surface area contributed by atoms with E-state index in [0.29, 0.717) is 16.6 Å². The normalized spacial score (nSPS) is 11.9. The molecule has 0 aliphatic rings. The van der Waals surface area contributed by atoms with Gasteiger partial charge in [0.25, 0.3) is 5.69 Å². The van der Waals surface area contributed by atoms with Crippen molar-refractivity contribution in [3.63, 3.8) is 0 Å². The summed E-state index contributed by atoms with van der Waals surface area (Å²) in [5.41, 5.74) is 2.07. The van der Waals surface area contributed by atoms with Gasteiger partial charge >= 0.3 is 0 Å². The van der Waals surface area contributed by atoms with Crippen LogP contribution in [0.3, 0.4) is 0 Å². The lowest BCUT2D eigenvalue weighted by molar-refractivity contribution is -0.384. The molecule has 0 radical (unpaired) electrons. The molecule has 0 spiro atoms. The largest absolute Gasteiger partial charge is 0.507 e. The quantitative estimate of drug-likeness (QED) is 0.303. The lowest BCUT2D eigenvalue weighted by Crippen LogP contribution is -2.14. The molecule has 2 aromatic carbocycles. The van der Waals surface area contributed by atoms with Crippen LogP contribution in [0.15, 0.2) is 47.5 Å². The van der Waals surface area contributed by atoms with Crippen LogP contribution in [0.2, 0.25) is 5.02 Å². The van der Waals surface area contributed by atoms with Crippen LogP contribution < -0.4 is 0 Å². The molecule has 1 aromatic heterocycles. The molecule has 6 nitrogen and oxygen atoms in total. The Labute approximate surface area is 177 Å². The average molecular weight is 430 g/mol. The number of hydrogen-bond donors (Lipinski definition) is 1. The molecule has 0 aliphatic heterocycles. The van der Waals surface area contributed by atoms with Gasteiger partial charge in [0, 0.05) is 45.6 Å². The van der Waals surface area contributed by atoms with Crippen LogP contribution in [-0.4, -0.2) is 21.2 Å². The topological polar surface area (TPSA) is 88.6 Å². The van der Waals surface area contributed by atoms with Gasteiger partial charge in [-0.3, -0.25) is 10.1 Å². The molecule has 1 N–H and O–H groups in total.